The lowest BCUT2D eigenvalue weighted by Gasteiger charge is -2.32. The first-order chi connectivity index (χ1) is 12.0. The quantitative estimate of drug-likeness (QED) is 0.856. The minimum atomic E-state index is 0.0834. The molecule has 1 aromatic carbocycles. The summed E-state index contributed by atoms with van der Waals surface area (Å²) in [7, 11) is 3.95. The van der Waals surface area contributed by atoms with Gasteiger partial charge in [-0.25, -0.2) is 4.98 Å². The predicted molar refractivity (Wildman–Crippen MR) is 97.1 cm³/mol. The molecule has 2 heterocycles. The van der Waals surface area contributed by atoms with Gasteiger partial charge < -0.3 is 14.5 Å². The van der Waals surface area contributed by atoms with Crippen LogP contribution < -0.4 is 9.64 Å². The number of anilines is 1. The number of amides is 1. The summed E-state index contributed by atoms with van der Waals surface area (Å²) in [6.07, 6.45) is 3.41. The Bertz CT molecular complexity index is 740. The van der Waals surface area contributed by atoms with Crippen molar-refractivity contribution >= 4 is 11.6 Å². The topological polar surface area (TPSA) is 58.6 Å². The molecule has 0 N–H and O–H groups in total. The molecule has 3 rings (SSSR count). The zero-order valence-electron chi connectivity index (χ0n) is 15.0. The number of aromatic nitrogens is 2. The molecule has 1 aliphatic heterocycles. The third-order valence-corrected chi connectivity index (χ3v) is 4.38. The Balaban J connectivity index is 1.58. The summed E-state index contributed by atoms with van der Waals surface area (Å²) in [5.41, 5.74) is 1.76. The van der Waals surface area contributed by atoms with Crippen LogP contribution in [-0.4, -0.2) is 54.1 Å². The number of piperidine rings is 1. The van der Waals surface area contributed by atoms with Crippen LogP contribution in [0, 0.1) is 6.92 Å². The lowest BCUT2D eigenvalue weighted by atomic mass is 10.1. The number of carbonyl (C=O) groups excluding carboxylic acids is 1. The Labute approximate surface area is 148 Å². The summed E-state index contributed by atoms with van der Waals surface area (Å²) in [5.74, 6) is 1.39. The van der Waals surface area contributed by atoms with E-state index in [0.29, 0.717) is 24.8 Å². The van der Waals surface area contributed by atoms with Gasteiger partial charge in [0.05, 0.1) is 0 Å². The average Bonchev–Trinajstić information content (AvgIpc) is 2.62. The Morgan fingerprint density at radius 3 is 2.68 bits per heavy atom. The summed E-state index contributed by atoms with van der Waals surface area (Å²) in [6.45, 7) is 3.23. The van der Waals surface area contributed by atoms with E-state index in [-0.39, 0.29) is 12.0 Å². The van der Waals surface area contributed by atoms with Crippen molar-refractivity contribution in [3.05, 3.63) is 47.9 Å². The third kappa shape index (κ3) is 4.26. The summed E-state index contributed by atoms with van der Waals surface area (Å²) >= 11 is 0. The minimum Gasteiger partial charge on any atom is -0.474 e. The van der Waals surface area contributed by atoms with Crippen molar-refractivity contribution in [3.8, 4) is 5.88 Å². The number of ether oxygens (including phenoxy) is 1. The van der Waals surface area contributed by atoms with Crippen LogP contribution in [0.4, 0.5) is 5.69 Å². The van der Waals surface area contributed by atoms with Gasteiger partial charge in [-0.05, 0) is 25.1 Å². The summed E-state index contributed by atoms with van der Waals surface area (Å²) in [4.78, 5) is 25.0. The number of benzene rings is 1. The molecule has 1 aromatic heterocycles. The van der Waals surface area contributed by atoms with E-state index < -0.39 is 0 Å². The molecule has 0 atom stereocenters. The maximum Gasteiger partial charge on any atom is 0.253 e. The molecule has 1 aliphatic rings. The van der Waals surface area contributed by atoms with E-state index in [1.54, 1.807) is 12.3 Å². The SMILES string of the molecule is Cc1nccc(OC2CCN(C(=O)c3cccc(N(C)C)c3)CC2)n1. The first-order valence-corrected chi connectivity index (χ1v) is 8.56. The molecule has 0 spiro atoms. The number of nitrogens with zero attached hydrogens (tertiary/aromatic N) is 4. The average molecular weight is 340 g/mol. The molecule has 0 aliphatic carbocycles. The molecule has 1 saturated heterocycles. The highest BCUT2D eigenvalue weighted by Gasteiger charge is 2.25. The standard InChI is InChI=1S/C19H24N4O2/c1-14-20-10-7-18(21-14)25-17-8-11-23(12-9-17)19(24)15-5-4-6-16(13-15)22(2)3/h4-7,10,13,17H,8-9,11-12H2,1-3H3. The number of hydrogen-bond donors (Lipinski definition) is 0. The van der Waals surface area contributed by atoms with E-state index in [1.807, 2.05) is 55.1 Å². The van der Waals surface area contributed by atoms with Crippen molar-refractivity contribution in [2.45, 2.75) is 25.9 Å². The number of carbonyl (C=O) groups is 1. The molecule has 6 heteroatoms. The number of likely N-dealkylation sites (tertiary alicyclic amines) is 1. The second kappa shape index (κ2) is 7.51. The third-order valence-electron chi connectivity index (χ3n) is 4.38. The second-order valence-electron chi connectivity index (χ2n) is 6.50. The highest BCUT2D eigenvalue weighted by molar-refractivity contribution is 5.95. The van der Waals surface area contributed by atoms with Crippen LogP contribution in [0.5, 0.6) is 5.88 Å². The number of rotatable bonds is 4. The molecule has 25 heavy (non-hydrogen) atoms. The van der Waals surface area contributed by atoms with Crippen molar-refractivity contribution in [3.63, 3.8) is 0 Å². The van der Waals surface area contributed by atoms with Gasteiger partial charge in [0.1, 0.15) is 11.9 Å². The summed E-state index contributed by atoms with van der Waals surface area (Å²) in [5, 5.41) is 0. The zero-order valence-corrected chi connectivity index (χ0v) is 15.0. The highest BCUT2D eigenvalue weighted by Crippen LogP contribution is 2.20. The maximum atomic E-state index is 12.7. The van der Waals surface area contributed by atoms with Gasteiger partial charge in [0.25, 0.3) is 5.91 Å². The normalized spacial score (nSPS) is 15.1. The Hall–Kier alpha value is -2.63. The van der Waals surface area contributed by atoms with Gasteiger partial charge in [-0.3, -0.25) is 4.79 Å². The van der Waals surface area contributed by atoms with Gasteiger partial charge in [0.15, 0.2) is 0 Å². The zero-order chi connectivity index (χ0) is 17.8. The minimum absolute atomic E-state index is 0.0834. The molecule has 0 unspecified atom stereocenters. The van der Waals surface area contributed by atoms with Crippen LogP contribution in [0.25, 0.3) is 0 Å². The van der Waals surface area contributed by atoms with E-state index in [4.69, 9.17) is 4.74 Å². The molecular formula is C19H24N4O2. The van der Waals surface area contributed by atoms with Crippen LogP contribution in [-0.2, 0) is 0 Å². The molecular weight excluding hydrogens is 316 g/mol. The number of hydrogen-bond acceptors (Lipinski definition) is 5. The van der Waals surface area contributed by atoms with Gasteiger partial charge in [0.2, 0.25) is 5.88 Å². The second-order valence-corrected chi connectivity index (χ2v) is 6.50. The van der Waals surface area contributed by atoms with Crippen LogP contribution in [0.2, 0.25) is 0 Å². The smallest absolute Gasteiger partial charge is 0.253 e. The Morgan fingerprint density at radius 1 is 1.24 bits per heavy atom. The van der Waals surface area contributed by atoms with Crippen molar-refractivity contribution in [1.82, 2.24) is 14.9 Å². The molecule has 132 valence electrons. The fraction of sp³-hybridized carbons (Fsp3) is 0.421. The van der Waals surface area contributed by atoms with Crippen molar-refractivity contribution in [1.29, 1.82) is 0 Å². The van der Waals surface area contributed by atoms with Crippen LogP contribution >= 0.6 is 0 Å². The van der Waals surface area contributed by atoms with E-state index >= 15 is 0 Å². The fourth-order valence-electron chi connectivity index (χ4n) is 2.95. The highest BCUT2D eigenvalue weighted by atomic mass is 16.5. The maximum absolute atomic E-state index is 12.7. The van der Waals surface area contributed by atoms with Gasteiger partial charge in [-0.1, -0.05) is 6.07 Å². The largest absolute Gasteiger partial charge is 0.474 e. The fourth-order valence-corrected chi connectivity index (χ4v) is 2.95. The van der Waals surface area contributed by atoms with E-state index in [9.17, 15) is 4.79 Å². The van der Waals surface area contributed by atoms with Crippen LogP contribution in [0.1, 0.15) is 29.0 Å². The van der Waals surface area contributed by atoms with E-state index in [2.05, 4.69) is 9.97 Å². The van der Waals surface area contributed by atoms with Gasteiger partial charge in [-0.2, -0.15) is 4.98 Å². The number of aryl methyl sites for hydroxylation is 1. The summed E-state index contributed by atoms with van der Waals surface area (Å²) < 4.78 is 5.92. The molecule has 1 amide bonds. The lowest BCUT2D eigenvalue weighted by Crippen LogP contribution is -2.41. The first kappa shape index (κ1) is 17.2. The molecule has 0 radical (unpaired) electrons. The van der Waals surface area contributed by atoms with Gasteiger partial charge >= 0.3 is 0 Å². The predicted octanol–water partition coefficient (Wildman–Crippen LogP) is 2.53. The first-order valence-electron chi connectivity index (χ1n) is 8.56. The Kier molecular flexibility index (Phi) is 5.16. The van der Waals surface area contributed by atoms with E-state index in [1.165, 1.54) is 0 Å². The van der Waals surface area contributed by atoms with E-state index in [0.717, 1.165) is 24.1 Å². The van der Waals surface area contributed by atoms with Crippen molar-refractivity contribution in [2.75, 3.05) is 32.1 Å². The van der Waals surface area contributed by atoms with Crippen molar-refractivity contribution in [2.24, 2.45) is 0 Å². The molecule has 0 saturated carbocycles. The van der Waals surface area contributed by atoms with Crippen molar-refractivity contribution < 1.29 is 9.53 Å². The molecule has 6 nitrogen and oxygen atoms in total. The van der Waals surface area contributed by atoms with Crippen LogP contribution in [0.3, 0.4) is 0 Å². The Morgan fingerprint density at radius 2 is 2.00 bits per heavy atom. The van der Waals surface area contributed by atoms with Gasteiger partial charge in [-0.15, -0.1) is 0 Å². The monoisotopic (exact) mass is 340 g/mol. The molecule has 1 fully saturated rings. The van der Waals surface area contributed by atoms with Gasteiger partial charge in [0, 0.05) is 63.5 Å². The molecule has 2 aromatic rings. The van der Waals surface area contributed by atoms with Crippen LogP contribution in [0.15, 0.2) is 36.5 Å². The molecule has 0 bridgehead atoms. The lowest BCUT2D eigenvalue weighted by molar-refractivity contribution is 0.0587. The summed E-state index contributed by atoms with van der Waals surface area (Å²) in [6, 6.07) is 9.52.